The second-order valence-corrected chi connectivity index (χ2v) is 3.04. The molecule has 0 aliphatic rings. The first-order valence-electron chi connectivity index (χ1n) is 4.49. The summed E-state index contributed by atoms with van der Waals surface area (Å²) in [6, 6.07) is 5.30. The van der Waals surface area contributed by atoms with E-state index in [2.05, 4.69) is 4.74 Å². The highest BCUT2D eigenvalue weighted by atomic mass is 16.7. The second-order valence-electron chi connectivity index (χ2n) is 3.04. The van der Waals surface area contributed by atoms with Crippen LogP contribution in [0.25, 0.3) is 0 Å². The lowest BCUT2D eigenvalue weighted by molar-refractivity contribution is 0.0465. The van der Waals surface area contributed by atoms with Gasteiger partial charge >= 0.3 is 5.97 Å². The van der Waals surface area contributed by atoms with Gasteiger partial charge in [0.1, 0.15) is 11.3 Å². The number of hydrogen-bond acceptors (Lipinski definition) is 4. The predicted octanol–water partition coefficient (Wildman–Crippen LogP) is 1.76. The van der Waals surface area contributed by atoms with Crippen LogP contribution in [-0.4, -0.2) is 27.0 Å². The standard InChI is InChI=1S/C11H14O4/c1-8-4-5-10(15-7-13-2)9(6-8)11(12)14-3/h4-6H,7H2,1-3H3. The van der Waals surface area contributed by atoms with E-state index < -0.39 is 5.97 Å². The number of carbonyl (C=O) groups excluding carboxylic acids is 1. The number of hydrogen-bond donors (Lipinski definition) is 0. The van der Waals surface area contributed by atoms with Crippen LogP contribution in [0.2, 0.25) is 0 Å². The first-order valence-corrected chi connectivity index (χ1v) is 4.49. The van der Waals surface area contributed by atoms with E-state index in [1.165, 1.54) is 14.2 Å². The third kappa shape index (κ3) is 2.95. The van der Waals surface area contributed by atoms with Crippen molar-refractivity contribution in [1.29, 1.82) is 0 Å². The van der Waals surface area contributed by atoms with E-state index in [4.69, 9.17) is 9.47 Å². The fourth-order valence-electron chi connectivity index (χ4n) is 1.16. The summed E-state index contributed by atoms with van der Waals surface area (Å²) >= 11 is 0. The minimum absolute atomic E-state index is 0.104. The summed E-state index contributed by atoms with van der Waals surface area (Å²) in [5.74, 6) is 0.0547. The number of ether oxygens (including phenoxy) is 3. The number of benzene rings is 1. The van der Waals surface area contributed by atoms with E-state index in [1.807, 2.05) is 13.0 Å². The molecule has 0 saturated heterocycles. The van der Waals surface area contributed by atoms with Gasteiger partial charge in [-0.15, -0.1) is 0 Å². The van der Waals surface area contributed by atoms with Gasteiger partial charge < -0.3 is 14.2 Å². The van der Waals surface area contributed by atoms with Gasteiger partial charge in [-0.25, -0.2) is 4.79 Å². The molecule has 15 heavy (non-hydrogen) atoms. The smallest absolute Gasteiger partial charge is 0.341 e. The van der Waals surface area contributed by atoms with Gasteiger partial charge in [-0.05, 0) is 19.1 Å². The van der Waals surface area contributed by atoms with Gasteiger partial charge in [-0.2, -0.15) is 0 Å². The van der Waals surface area contributed by atoms with Crippen molar-refractivity contribution >= 4 is 5.97 Å². The van der Waals surface area contributed by atoms with Gasteiger partial charge in [0.25, 0.3) is 0 Å². The maximum Gasteiger partial charge on any atom is 0.341 e. The van der Waals surface area contributed by atoms with E-state index in [0.717, 1.165) is 5.56 Å². The van der Waals surface area contributed by atoms with Crippen molar-refractivity contribution in [3.05, 3.63) is 29.3 Å². The number of aryl methyl sites for hydroxylation is 1. The van der Waals surface area contributed by atoms with Gasteiger partial charge in [0.05, 0.1) is 7.11 Å². The number of esters is 1. The molecule has 0 atom stereocenters. The molecule has 1 aromatic rings. The van der Waals surface area contributed by atoms with Crippen molar-refractivity contribution in [3.63, 3.8) is 0 Å². The zero-order chi connectivity index (χ0) is 11.3. The van der Waals surface area contributed by atoms with Crippen molar-refractivity contribution in [2.75, 3.05) is 21.0 Å². The molecule has 0 saturated carbocycles. The first kappa shape index (κ1) is 11.5. The van der Waals surface area contributed by atoms with Gasteiger partial charge in [0.15, 0.2) is 6.79 Å². The number of methoxy groups -OCH3 is 2. The molecule has 0 aromatic heterocycles. The summed E-state index contributed by atoms with van der Waals surface area (Å²) in [5, 5.41) is 0. The molecule has 0 aliphatic carbocycles. The minimum atomic E-state index is -0.412. The van der Waals surface area contributed by atoms with Crippen LogP contribution in [0.5, 0.6) is 5.75 Å². The second kappa shape index (κ2) is 5.36. The molecule has 1 rings (SSSR count). The molecule has 0 unspecified atom stereocenters. The van der Waals surface area contributed by atoms with Crippen LogP contribution in [0.4, 0.5) is 0 Å². The Morgan fingerprint density at radius 2 is 2.07 bits per heavy atom. The van der Waals surface area contributed by atoms with E-state index in [9.17, 15) is 4.79 Å². The minimum Gasteiger partial charge on any atom is -0.467 e. The fraction of sp³-hybridized carbons (Fsp3) is 0.364. The third-order valence-corrected chi connectivity index (χ3v) is 1.87. The van der Waals surface area contributed by atoms with E-state index in [0.29, 0.717) is 11.3 Å². The Morgan fingerprint density at radius 1 is 1.33 bits per heavy atom. The van der Waals surface area contributed by atoms with Crippen LogP contribution in [0, 0.1) is 6.92 Å². The Labute approximate surface area is 88.8 Å². The molecule has 0 fully saturated rings. The molecule has 0 heterocycles. The molecule has 0 spiro atoms. The molecule has 0 radical (unpaired) electrons. The maximum absolute atomic E-state index is 11.4. The van der Waals surface area contributed by atoms with Crippen molar-refractivity contribution in [3.8, 4) is 5.75 Å². The van der Waals surface area contributed by atoms with E-state index in [1.54, 1.807) is 12.1 Å². The molecule has 4 nitrogen and oxygen atoms in total. The third-order valence-electron chi connectivity index (χ3n) is 1.87. The summed E-state index contributed by atoms with van der Waals surface area (Å²) < 4.78 is 14.7. The highest BCUT2D eigenvalue weighted by molar-refractivity contribution is 5.92. The van der Waals surface area contributed by atoms with Gasteiger partial charge in [-0.3, -0.25) is 0 Å². The zero-order valence-electron chi connectivity index (χ0n) is 9.07. The van der Waals surface area contributed by atoms with Gasteiger partial charge in [0.2, 0.25) is 0 Å². The van der Waals surface area contributed by atoms with Crippen LogP contribution in [0.1, 0.15) is 15.9 Å². The number of rotatable bonds is 4. The summed E-state index contributed by atoms with van der Waals surface area (Å²) in [6.07, 6.45) is 0. The van der Waals surface area contributed by atoms with Crippen LogP contribution in [-0.2, 0) is 9.47 Å². The molecule has 4 heteroatoms. The molecule has 0 N–H and O–H groups in total. The van der Waals surface area contributed by atoms with E-state index >= 15 is 0 Å². The fourth-order valence-corrected chi connectivity index (χ4v) is 1.16. The summed E-state index contributed by atoms with van der Waals surface area (Å²) in [5.41, 5.74) is 1.38. The topological polar surface area (TPSA) is 44.8 Å². The molecule has 0 amide bonds. The lowest BCUT2D eigenvalue weighted by atomic mass is 10.1. The molecular weight excluding hydrogens is 196 g/mol. The quantitative estimate of drug-likeness (QED) is 0.561. The van der Waals surface area contributed by atoms with Crippen molar-refractivity contribution in [2.45, 2.75) is 6.92 Å². The highest BCUT2D eigenvalue weighted by Crippen LogP contribution is 2.20. The molecule has 82 valence electrons. The molecule has 0 aliphatic heterocycles. The first-order chi connectivity index (χ1) is 7.19. The Morgan fingerprint density at radius 3 is 2.67 bits per heavy atom. The molecular formula is C11H14O4. The Hall–Kier alpha value is -1.55. The van der Waals surface area contributed by atoms with Gasteiger partial charge in [-0.1, -0.05) is 11.6 Å². The van der Waals surface area contributed by atoms with Crippen molar-refractivity contribution in [1.82, 2.24) is 0 Å². The number of carbonyl (C=O) groups is 1. The normalized spacial score (nSPS) is 9.80. The van der Waals surface area contributed by atoms with E-state index in [-0.39, 0.29) is 6.79 Å². The van der Waals surface area contributed by atoms with Crippen LogP contribution in [0.15, 0.2) is 18.2 Å². The predicted molar refractivity (Wildman–Crippen MR) is 55.0 cm³/mol. The van der Waals surface area contributed by atoms with Crippen LogP contribution >= 0.6 is 0 Å². The Balaban J connectivity index is 2.97. The highest BCUT2D eigenvalue weighted by Gasteiger charge is 2.12. The summed E-state index contributed by atoms with van der Waals surface area (Å²) in [6.45, 7) is 2.00. The van der Waals surface area contributed by atoms with Gasteiger partial charge in [0, 0.05) is 7.11 Å². The Kier molecular flexibility index (Phi) is 4.12. The van der Waals surface area contributed by atoms with Crippen LogP contribution < -0.4 is 4.74 Å². The zero-order valence-corrected chi connectivity index (χ0v) is 9.07. The van der Waals surface area contributed by atoms with Crippen molar-refractivity contribution in [2.24, 2.45) is 0 Å². The maximum atomic E-state index is 11.4. The molecule has 1 aromatic carbocycles. The average Bonchev–Trinajstić information content (AvgIpc) is 2.26. The van der Waals surface area contributed by atoms with Crippen LogP contribution in [0.3, 0.4) is 0 Å². The lowest BCUT2D eigenvalue weighted by Gasteiger charge is -2.09. The summed E-state index contributed by atoms with van der Waals surface area (Å²) in [7, 11) is 2.86. The Bertz CT molecular complexity index is 346. The SMILES string of the molecule is COCOc1ccc(C)cc1C(=O)OC. The van der Waals surface area contributed by atoms with Crippen molar-refractivity contribution < 1.29 is 19.0 Å². The largest absolute Gasteiger partial charge is 0.467 e. The monoisotopic (exact) mass is 210 g/mol. The lowest BCUT2D eigenvalue weighted by Crippen LogP contribution is -2.07. The molecule has 0 bridgehead atoms. The average molecular weight is 210 g/mol. The summed E-state index contributed by atoms with van der Waals surface area (Å²) in [4.78, 5) is 11.4.